The van der Waals surface area contributed by atoms with Gasteiger partial charge in [-0.05, 0) is 50.2 Å². The average Bonchev–Trinajstić information content (AvgIpc) is 3.26. The van der Waals surface area contributed by atoms with Gasteiger partial charge in [0, 0.05) is 30.0 Å². The van der Waals surface area contributed by atoms with Gasteiger partial charge in [0.05, 0.1) is 17.1 Å². The SMILES string of the molecule is c1ccc(Cn2ccnc2-c2ccc(CN3CCCCC3)s2)nc1. The molecule has 3 aromatic rings. The summed E-state index contributed by atoms with van der Waals surface area (Å²) in [6, 6.07) is 10.5. The van der Waals surface area contributed by atoms with E-state index in [0.29, 0.717) is 0 Å². The van der Waals surface area contributed by atoms with Gasteiger partial charge in [-0.15, -0.1) is 11.3 Å². The van der Waals surface area contributed by atoms with Crippen LogP contribution in [0.4, 0.5) is 0 Å². The molecular formula is C19H22N4S. The highest BCUT2D eigenvalue weighted by Crippen LogP contribution is 2.28. The normalized spacial score (nSPS) is 15.7. The van der Waals surface area contributed by atoms with Crippen LogP contribution in [0.25, 0.3) is 10.7 Å². The number of aromatic nitrogens is 3. The summed E-state index contributed by atoms with van der Waals surface area (Å²) in [5, 5.41) is 0. The molecule has 0 saturated carbocycles. The fraction of sp³-hybridized carbons (Fsp3) is 0.368. The molecule has 3 aromatic heterocycles. The lowest BCUT2D eigenvalue weighted by atomic mass is 10.1. The maximum absolute atomic E-state index is 4.57. The molecule has 0 bridgehead atoms. The van der Waals surface area contributed by atoms with Crippen molar-refractivity contribution < 1.29 is 0 Å². The van der Waals surface area contributed by atoms with E-state index >= 15 is 0 Å². The first kappa shape index (κ1) is 15.5. The predicted octanol–water partition coefficient (Wildman–Crippen LogP) is 4.04. The molecule has 1 aliphatic rings. The molecule has 0 atom stereocenters. The number of nitrogens with zero attached hydrogens (tertiary/aromatic N) is 4. The third kappa shape index (κ3) is 3.57. The number of pyridine rings is 1. The number of hydrogen-bond donors (Lipinski definition) is 0. The van der Waals surface area contributed by atoms with Crippen molar-refractivity contribution in [2.75, 3.05) is 13.1 Å². The Morgan fingerprint density at radius 1 is 0.917 bits per heavy atom. The van der Waals surface area contributed by atoms with Crippen LogP contribution in [0.1, 0.15) is 29.8 Å². The quantitative estimate of drug-likeness (QED) is 0.704. The Labute approximate surface area is 146 Å². The summed E-state index contributed by atoms with van der Waals surface area (Å²) in [6.07, 6.45) is 9.82. The third-order valence-electron chi connectivity index (χ3n) is 4.48. The van der Waals surface area contributed by atoms with E-state index in [2.05, 4.69) is 37.6 Å². The van der Waals surface area contributed by atoms with Crippen LogP contribution in [0.3, 0.4) is 0 Å². The van der Waals surface area contributed by atoms with Crippen molar-refractivity contribution >= 4 is 11.3 Å². The minimum Gasteiger partial charge on any atom is -0.324 e. The Bertz CT molecular complexity index is 772. The standard InChI is InChI=1S/C19H22N4S/c1-4-11-22(12-5-1)15-17-7-8-18(24-17)19-21-10-13-23(19)14-16-6-2-3-9-20-16/h2-3,6-10,13H,1,4-5,11-12,14-15H2. The zero-order valence-corrected chi connectivity index (χ0v) is 14.6. The first-order chi connectivity index (χ1) is 11.9. The molecule has 0 radical (unpaired) electrons. The van der Waals surface area contributed by atoms with E-state index in [1.807, 2.05) is 42.1 Å². The molecule has 1 aliphatic heterocycles. The molecular weight excluding hydrogens is 316 g/mol. The molecule has 4 nitrogen and oxygen atoms in total. The average molecular weight is 338 g/mol. The second-order valence-corrected chi connectivity index (χ2v) is 7.47. The van der Waals surface area contributed by atoms with Crippen molar-refractivity contribution in [3.05, 3.63) is 59.5 Å². The van der Waals surface area contributed by atoms with Crippen LogP contribution < -0.4 is 0 Å². The van der Waals surface area contributed by atoms with E-state index in [4.69, 9.17) is 0 Å². The molecule has 1 fully saturated rings. The molecule has 0 unspecified atom stereocenters. The van der Waals surface area contributed by atoms with Gasteiger partial charge >= 0.3 is 0 Å². The largest absolute Gasteiger partial charge is 0.324 e. The van der Waals surface area contributed by atoms with Gasteiger partial charge < -0.3 is 4.57 Å². The van der Waals surface area contributed by atoms with E-state index in [1.165, 1.54) is 42.1 Å². The lowest BCUT2D eigenvalue weighted by Gasteiger charge is -2.25. The molecule has 24 heavy (non-hydrogen) atoms. The summed E-state index contributed by atoms with van der Waals surface area (Å²) >= 11 is 1.86. The van der Waals surface area contributed by atoms with Crippen LogP contribution in [0.2, 0.25) is 0 Å². The first-order valence-electron chi connectivity index (χ1n) is 8.61. The molecule has 0 spiro atoms. The third-order valence-corrected chi connectivity index (χ3v) is 5.55. The minimum absolute atomic E-state index is 0.759. The zero-order chi connectivity index (χ0) is 16.2. The van der Waals surface area contributed by atoms with Crippen LogP contribution in [0.15, 0.2) is 48.9 Å². The van der Waals surface area contributed by atoms with Gasteiger partial charge in [-0.1, -0.05) is 12.5 Å². The number of piperidine rings is 1. The van der Waals surface area contributed by atoms with Crippen molar-refractivity contribution in [1.29, 1.82) is 0 Å². The summed E-state index contributed by atoms with van der Waals surface area (Å²) in [7, 11) is 0. The van der Waals surface area contributed by atoms with E-state index in [1.54, 1.807) is 0 Å². The van der Waals surface area contributed by atoms with E-state index in [-0.39, 0.29) is 0 Å². The molecule has 4 heterocycles. The summed E-state index contributed by atoms with van der Waals surface area (Å²) in [5.74, 6) is 1.04. The second kappa shape index (κ2) is 7.28. The number of imidazole rings is 1. The van der Waals surface area contributed by atoms with Gasteiger partial charge in [-0.3, -0.25) is 9.88 Å². The fourth-order valence-corrected chi connectivity index (χ4v) is 4.31. The lowest BCUT2D eigenvalue weighted by molar-refractivity contribution is 0.222. The van der Waals surface area contributed by atoms with E-state index in [9.17, 15) is 0 Å². The Hall–Kier alpha value is -1.98. The highest BCUT2D eigenvalue weighted by Gasteiger charge is 2.14. The van der Waals surface area contributed by atoms with Gasteiger partial charge in [-0.25, -0.2) is 4.98 Å². The number of hydrogen-bond acceptors (Lipinski definition) is 4. The number of thiophene rings is 1. The monoisotopic (exact) mass is 338 g/mol. The van der Waals surface area contributed by atoms with Crippen molar-refractivity contribution in [2.45, 2.75) is 32.4 Å². The van der Waals surface area contributed by atoms with Crippen LogP contribution in [0.5, 0.6) is 0 Å². The van der Waals surface area contributed by atoms with Gasteiger partial charge in [-0.2, -0.15) is 0 Å². The summed E-state index contributed by atoms with van der Waals surface area (Å²) in [5.41, 5.74) is 1.06. The van der Waals surface area contributed by atoms with Gasteiger partial charge in [0.2, 0.25) is 0 Å². The number of likely N-dealkylation sites (tertiary alicyclic amines) is 1. The molecule has 1 saturated heterocycles. The van der Waals surface area contributed by atoms with E-state index in [0.717, 1.165) is 24.6 Å². The topological polar surface area (TPSA) is 34.0 Å². The highest BCUT2D eigenvalue weighted by molar-refractivity contribution is 7.15. The van der Waals surface area contributed by atoms with Crippen molar-refractivity contribution in [3.63, 3.8) is 0 Å². The fourth-order valence-electron chi connectivity index (χ4n) is 3.25. The Kier molecular flexibility index (Phi) is 4.71. The maximum atomic E-state index is 4.57. The number of rotatable bonds is 5. The highest BCUT2D eigenvalue weighted by atomic mass is 32.1. The maximum Gasteiger partial charge on any atom is 0.150 e. The van der Waals surface area contributed by atoms with Crippen LogP contribution in [0, 0.1) is 0 Å². The molecule has 0 aromatic carbocycles. The van der Waals surface area contributed by atoms with Gasteiger partial charge in [0.25, 0.3) is 0 Å². The van der Waals surface area contributed by atoms with Gasteiger partial charge in [0.1, 0.15) is 5.82 Å². The zero-order valence-electron chi connectivity index (χ0n) is 13.8. The van der Waals surface area contributed by atoms with Crippen LogP contribution >= 0.6 is 11.3 Å². The molecule has 0 N–H and O–H groups in total. The second-order valence-electron chi connectivity index (χ2n) is 6.30. The van der Waals surface area contributed by atoms with Crippen LogP contribution in [-0.2, 0) is 13.1 Å². The van der Waals surface area contributed by atoms with Crippen molar-refractivity contribution in [3.8, 4) is 10.7 Å². The Morgan fingerprint density at radius 2 is 1.83 bits per heavy atom. The van der Waals surface area contributed by atoms with Gasteiger partial charge in [0.15, 0.2) is 0 Å². The minimum atomic E-state index is 0.759. The van der Waals surface area contributed by atoms with E-state index < -0.39 is 0 Å². The molecule has 124 valence electrons. The first-order valence-corrected chi connectivity index (χ1v) is 9.42. The Morgan fingerprint density at radius 3 is 2.67 bits per heavy atom. The summed E-state index contributed by atoms with van der Waals surface area (Å²) < 4.78 is 2.18. The Balaban J connectivity index is 1.49. The lowest BCUT2D eigenvalue weighted by Crippen LogP contribution is -2.28. The predicted molar refractivity (Wildman–Crippen MR) is 98.0 cm³/mol. The summed E-state index contributed by atoms with van der Waals surface area (Å²) in [4.78, 5) is 14.2. The summed E-state index contributed by atoms with van der Waals surface area (Å²) in [6.45, 7) is 4.31. The molecule has 4 rings (SSSR count). The molecule has 5 heteroatoms. The van der Waals surface area contributed by atoms with Crippen molar-refractivity contribution in [2.24, 2.45) is 0 Å². The molecule has 0 amide bonds. The van der Waals surface area contributed by atoms with Crippen LogP contribution in [-0.4, -0.2) is 32.5 Å². The van der Waals surface area contributed by atoms with Crippen molar-refractivity contribution in [1.82, 2.24) is 19.4 Å². The smallest absolute Gasteiger partial charge is 0.150 e. The molecule has 0 aliphatic carbocycles.